The van der Waals surface area contributed by atoms with E-state index in [-0.39, 0.29) is 6.54 Å². The molecule has 0 radical (unpaired) electrons. The smallest absolute Gasteiger partial charge is 0.262 e. The standard InChI is InChI=1S/C10H11BrN4O2/c1-6-10(12-5-9(16)14-17)13-8-4-2-3-7(11)15(6)8/h2-4,12,17H,5H2,1H3,(H,14,16). The molecule has 0 spiro atoms. The number of fused-ring (bicyclic) bond motifs is 1. The lowest BCUT2D eigenvalue weighted by atomic mass is 10.4. The molecule has 2 aromatic heterocycles. The van der Waals surface area contributed by atoms with Crippen LogP contribution in [0.5, 0.6) is 0 Å². The van der Waals surface area contributed by atoms with Gasteiger partial charge in [-0.1, -0.05) is 6.07 Å². The maximum Gasteiger partial charge on any atom is 0.262 e. The minimum atomic E-state index is -0.513. The topological polar surface area (TPSA) is 78.7 Å². The highest BCUT2D eigenvalue weighted by atomic mass is 79.9. The van der Waals surface area contributed by atoms with E-state index in [1.165, 1.54) is 0 Å². The third-order valence-electron chi connectivity index (χ3n) is 2.37. The van der Waals surface area contributed by atoms with Crippen molar-refractivity contribution in [2.45, 2.75) is 6.92 Å². The summed E-state index contributed by atoms with van der Waals surface area (Å²) in [5, 5.41) is 11.2. The Balaban J connectivity index is 2.33. The molecule has 0 aliphatic heterocycles. The lowest BCUT2D eigenvalue weighted by molar-refractivity contribution is -0.127. The number of halogens is 1. The Hall–Kier alpha value is -1.60. The van der Waals surface area contributed by atoms with E-state index >= 15 is 0 Å². The van der Waals surface area contributed by atoms with Gasteiger partial charge in [-0.15, -0.1) is 0 Å². The summed E-state index contributed by atoms with van der Waals surface area (Å²) < 4.78 is 2.80. The van der Waals surface area contributed by atoms with Gasteiger partial charge < -0.3 is 5.32 Å². The van der Waals surface area contributed by atoms with Crippen molar-refractivity contribution in [3.8, 4) is 0 Å². The third kappa shape index (κ3) is 2.25. The Morgan fingerprint density at radius 1 is 1.59 bits per heavy atom. The van der Waals surface area contributed by atoms with Gasteiger partial charge in [0.05, 0.1) is 16.8 Å². The van der Waals surface area contributed by atoms with Crippen molar-refractivity contribution >= 4 is 33.3 Å². The van der Waals surface area contributed by atoms with Crippen molar-refractivity contribution in [1.29, 1.82) is 0 Å². The molecular weight excluding hydrogens is 288 g/mol. The quantitative estimate of drug-likeness (QED) is 0.454. The first-order valence-electron chi connectivity index (χ1n) is 4.94. The molecule has 0 aliphatic carbocycles. The minimum Gasteiger partial charge on any atom is -0.359 e. The average molecular weight is 299 g/mol. The van der Waals surface area contributed by atoms with Crippen molar-refractivity contribution < 1.29 is 10.0 Å². The first-order chi connectivity index (χ1) is 8.13. The lowest BCUT2D eigenvalue weighted by Gasteiger charge is -2.03. The first-order valence-corrected chi connectivity index (χ1v) is 5.73. The second kappa shape index (κ2) is 4.72. The fourth-order valence-electron chi connectivity index (χ4n) is 1.56. The maximum absolute atomic E-state index is 10.9. The molecule has 1 amide bonds. The van der Waals surface area contributed by atoms with E-state index in [4.69, 9.17) is 5.21 Å². The molecule has 0 aromatic carbocycles. The van der Waals surface area contributed by atoms with E-state index in [0.29, 0.717) is 5.82 Å². The molecule has 90 valence electrons. The molecule has 0 saturated heterocycles. The number of hydrogen-bond acceptors (Lipinski definition) is 4. The van der Waals surface area contributed by atoms with E-state index in [0.717, 1.165) is 15.9 Å². The fourth-order valence-corrected chi connectivity index (χ4v) is 2.16. The largest absolute Gasteiger partial charge is 0.359 e. The number of imidazole rings is 1. The second-order valence-corrected chi connectivity index (χ2v) is 4.29. The van der Waals surface area contributed by atoms with Crippen molar-refractivity contribution in [2.24, 2.45) is 0 Å². The van der Waals surface area contributed by atoms with Gasteiger partial charge in [0, 0.05) is 0 Å². The summed E-state index contributed by atoms with van der Waals surface area (Å²) in [6.07, 6.45) is 0. The average Bonchev–Trinajstić information content (AvgIpc) is 2.64. The van der Waals surface area contributed by atoms with Gasteiger partial charge in [-0.25, -0.2) is 10.5 Å². The zero-order chi connectivity index (χ0) is 12.4. The van der Waals surface area contributed by atoms with Crippen LogP contribution in [-0.2, 0) is 4.79 Å². The molecule has 0 aliphatic rings. The Labute approximate surface area is 106 Å². The van der Waals surface area contributed by atoms with Crippen LogP contribution in [0.1, 0.15) is 5.69 Å². The van der Waals surface area contributed by atoms with Gasteiger partial charge in [0.1, 0.15) is 11.5 Å². The second-order valence-electron chi connectivity index (χ2n) is 3.48. The van der Waals surface area contributed by atoms with Crippen molar-refractivity contribution in [3.05, 3.63) is 28.5 Å². The number of carbonyl (C=O) groups excluding carboxylic acids is 1. The van der Waals surface area contributed by atoms with Crippen LogP contribution in [0.3, 0.4) is 0 Å². The van der Waals surface area contributed by atoms with Gasteiger partial charge in [-0.3, -0.25) is 14.4 Å². The highest BCUT2D eigenvalue weighted by Crippen LogP contribution is 2.21. The van der Waals surface area contributed by atoms with E-state index in [1.807, 2.05) is 29.5 Å². The van der Waals surface area contributed by atoms with E-state index < -0.39 is 5.91 Å². The van der Waals surface area contributed by atoms with Crippen LogP contribution in [0.2, 0.25) is 0 Å². The lowest BCUT2D eigenvalue weighted by Crippen LogP contribution is -2.26. The highest BCUT2D eigenvalue weighted by Gasteiger charge is 2.10. The number of nitrogens with zero attached hydrogens (tertiary/aromatic N) is 2. The number of rotatable bonds is 3. The van der Waals surface area contributed by atoms with E-state index in [9.17, 15) is 4.79 Å². The molecule has 0 unspecified atom stereocenters. The number of hydrogen-bond donors (Lipinski definition) is 3. The van der Waals surface area contributed by atoms with Crippen LogP contribution < -0.4 is 10.8 Å². The molecular formula is C10H11BrN4O2. The van der Waals surface area contributed by atoms with Crippen molar-refractivity contribution in [3.63, 3.8) is 0 Å². The van der Waals surface area contributed by atoms with Crippen LogP contribution in [0, 0.1) is 6.92 Å². The van der Waals surface area contributed by atoms with E-state index in [2.05, 4.69) is 26.2 Å². The number of aryl methyl sites for hydroxylation is 1. The molecule has 7 heteroatoms. The molecule has 0 saturated carbocycles. The highest BCUT2D eigenvalue weighted by molar-refractivity contribution is 9.10. The summed E-state index contributed by atoms with van der Waals surface area (Å²) >= 11 is 3.43. The summed E-state index contributed by atoms with van der Waals surface area (Å²) in [7, 11) is 0. The molecule has 0 fully saturated rings. The van der Waals surface area contributed by atoms with Crippen molar-refractivity contribution in [1.82, 2.24) is 14.9 Å². The molecule has 0 atom stereocenters. The number of amides is 1. The number of aromatic nitrogens is 2. The number of carbonyl (C=O) groups is 1. The third-order valence-corrected chi connectivity index (χ3v) is 2.99. The maximum atomic E-state index is 10.9. The number of nitrogens with one attached hydrogen (secondary N) is 2. The zero-order valence-electron chi connectivity index (χ0n) is 9.07. The van der Waals surface area contributed by atoms with Gasteiger partial charge in [0.25, 0.3) is 5.91 Å². The van der Waals surface area contributed by atoms with Gasteiger partial charge in [0.2, 0.25) is 0 Å². The Kier molecular flexibility index (Phi) is 3.30. The fraction of sp³-hybridized carbons (Fsp3) is 0.200. The Morgan fingerprint density at radius 3 is 3.00 bits per heavy atom. The van der Waals surface area contributed by atoms with Crippen LogP contribution in [0.15, 0.2) is 22.8 Å². The monoisotopic (exact) mass is 298 g/mol. The van der Waals surface area contributed by atoms with E-state index in [1.54, 1.807) is 5.48 Å². The van der Waals surface area contributed by atoms with Crippen LogP contribution in [0.4, 0.5) is 5.82 Å². The molecule has 17 heavy (non-hydrogen) atoms. The summed E-state index contributed by atoms with van der Waals surface area (Å²) in [6.45, 7) is 1.86. The minimum absolute atomic E-state index is 0.0289. The van der Waals surface area contributed by atoms with Gasteiger partial charge in [-0.05, 0) is 35.0 Å². The molecule has 6 nitrogen and oxygen atoms in total. The SMILES string of the molecule is Cc1c(NCC(=O)NO)nc2cccc(Br)n12. The number of pyridine rings is 1. The van der Waals surface area contributed by atoms with Crippen LogP contribution in [0.25, 0.3) is 5.65 Å². The Bertz CT molecular complexity index is 567. The predicted molar refractivity (Wildman–Crippen MR) is 66.0 cm³/mol. The van der Waals surface area contributed by atoms with Gasteiger partial charge >= 0.3 is 0 Å². The van der Waals surface area contributed by atoms with Gasteiger partial charge in [0.15, 0.2) is 0 Å². The van der Waals surface area contributed by atoms with Gasteiger partial charge in [-0.2, -0.15) is 0 Å². The summed E-state index contributed by atoms with van der Waals surface area (Å²) in [6, 6.07) is 5.66. The van der Waals surface area contributed by atoms with Crippen molar-refractivity contribution in [2.75, 3.05) is 11.9 Å². The van der Waals surface area contributed by atoms with Crippen LogP contribution in [-0.4, -0.2) is 27.0 Å². The predicted octanol–water partition coefficient (Wildman–Crippen LogP) is 1.32. The summed E-state index contributed by atoms with van der Waals surface area (Å²) in [4.78, 5) is 15.3. The zero-order valence-corrected chi connectivity index (χ0v) is 10.7. The molecule has 0 bridgehead atoms. The normalized spacial score (nSPS) is 10.5. The molecule has 2 rings (SSSR count). The number of hydroxylamine groups is 1. The number of anilines is 1. The Morgan fingerprint density at radius 2 is 2.35 bits per heavy atom. The summed E-state index contributed by atoms with van der Waals surface area (Å²) in [5.41, 5.74) is 3.22. The first kappa shape index (κ1) is 11.9. The molecule has 3 N–H and O–H groups in total. The molecule has 2 heterocycles. The molecule has 2 aromatic rings. The summed E-state index contributed by atoms with van der Waals surface area (Å²) in [5.74, 6) is 0.0982. The van der Waals surface area contributed by atoms with Crippen LogP contribution >= 0.6 is 15.9 Å².